The Bertz CT molecular complexity index is 549. The van der Waals surface area contributed by atoms with Crippen LogP contribution in [0.4, 0.5) is 0 Å². The average Bonchev–Trinajstić information content (AvgIpc) is 2.66. The topological polar surface area (TPSA) is 105 Å². The first-order valence-corrected chi connectivity index (χ1v) is 8.79. The van der Waals surface area contributed by atoms with E-state index in [4.69, 9.17) is 5.84 Å². The van der Waals surface area contributed by atoms with Gasteiger partial charge in [0, 0.05) is 12.1 Å². The summed E-state index contributed by atoms with van der Waals surface area (Å²) in [4.78, 5) is 36.0. The van der Waals surface area contributed by atoms with Crippen molar-refractivity contribution in [1.29, 1.82) is 0 Å². The third-order valence-electron chi connectivity index (χ3n) is 3.80. The van der Waals surface area contributed by atoms with Crippen LogP contribution in [0.3, 0.4) is 0 Å². The van der Waals surface area contributed by atoms with Gasteiger partial charge in [-0.1, -0.05) is 63.6 Å². The number of imide groups is 1. The maximum Gasteiger partial charge on any atom is 0.334 e. The number of carbonyl (C=O) groups excluding carboxylic acids is 3. The molecular formula is C18H28N4O3. The number of benzene rings is 1. The van der Waals surface area contributed by atoms with E-state index < -0.39 is 17.7 Å². The van der Waals surface area contributed by atoms with Crippen molar-refractivity contribution in [3.8, 4) is 0 Å². The molecule has 1 aromatic rings. The molecule has 0 atom stereocenters. The zero-order valence-corrected chi connectivity index (χ0v) is 14.8. The van der Waals surface area contributed by atoms with Gasteiger partial charge in [0.2, 0.25) is 0 Å². The number of hydrogen-bond acceptors (Lipinski definition) is 5. The number of carbonyl (C=O) groups is 3. The zero-order chi connectivity index (χ0) is 18.5. The minimum absolute atomic E-state index is 0.313. The molecule has 1 aromatic carbocycles. The van der Waals surface area contributed by atoms with E-state index >= 15 is 0 Å². The highest BCUT2D eigenvalue weighted by atomic mass is 16.2. The Hall–Kier alpha value is -2.25. The van der Waals surface area contributed by atoms with Crippen LogP contribution in [0.25, 0.3) is 0 Å². The molecule has 0 fully saturated rings. The maximum absolute atomic E-state index is 12.5. The lowest BCUT2D eigenvalue weighted by Gasteiger charge is -2.20. The van der Waals surface area contributed by atoms with Gasteiger partial charge in [-0.25, -0.2) is 16.3 Å². The third-order valence-corrected chi connectivity index (χ3v) is 3.80. The van der Waals surface area contributed by atoms with Crippen molar-refractivity contribution in [2.24, 2.45) is 5.84 Å². The van der Waals surface area contributed by atoms with Crippen LogP contribution >= 0.6 is 0 Å². The highest BCUT2D eigenvalue weighted by Crippen LogP contribution is 2.07. The SMILES string of the molecule is CCCCCCCCCNN(C(=O)C(=O)NN)C(=O)c1ccccc1. The summed E-state index contributed by atoms with van der Waals surface area (Å²) in [5, 5.41) is 0.731. The fourth-order valence-electron chi connectivity index (χ4n) is 2.38. The van der Waals surface area contributed by atoms with Gasteiger partial charge in [0.1, 0.15) is 0 Å². The van der Waals surface area contributed by atoms with Crippen molar-refractivity contribution in [2.75, 3.05) is 6.54 Å². The van der Waals surface area contributed by atoms with E-state index in [9.17, 15) is 14.4 Å². The zero-order valence-electron chi connectivity index (χ0n) is 14.8. The van der Waals surface area contributed by atoms with Crippen molar-refractivity contribution < 1.29 is 14.4 Å². The van der Waals surface area contributed by atoms with Crippen LogP contribution in [-0.4, -0.2) is 29.3 Å². The van der Waals surface area contributed by atoms with Gasteiger partial charge in [0.05, 0.1) is 0 Å². The van der Waals surface area contributed by atoms with Crippen LogP contribution in [-0.2, 0) is 9.59 Å². The van der Waals surface area contributed by atoms with E-state index in [-0.39, 0.29) is 0 Å². The summed E-state index contributed by atoms with van der Waals surface area (Å²) < 4.78 is 0. The molecular weight excluding hydrogens is 320 g/mol. The van der Waals surface area contributed by atoms with Gasteiger partial charge in [0.15, 0.2) is 0 Å². The number of nitrogens with two attached hydrogens (primary N) is 1. The van der Waals surface area contributed by atoms with E-state index in [2.05, 4.69) is 12.3 Å². The normalized spacial score (nSPS) is 10.3. The molecule has 3 amide bonds. The summed E-state index contributed by atoms with van der Waals surface area (Å²) in [7, 11) is 0. The van der Waals surface area contributed by atoms with E-state index in [1.165, 1.54) is 25.7 Å². The Labute approximate surface area is 148 Å². The van der Waals surface area contributed by atoms with Crippen molar-refractivity contribution in [2.45, 2.75) is 51.9 Å². The molecule has 1 rings (SSSR count). The van der Waals surface area contributed by atoms with Gasteiger partial charge in [-0.2, -0.15) is 0 Å². The van der Waals surface area contributed by atoms with Crippen molar-refractivity contribution in [3.63, 3.8) is 0 Å². The Kier molecular flexibility index (Phi) is 10.1. The van der Waals surface area contributed by atoms with Crippen LogP contribution in [0, 0.1) is 0 Å². The van der Waals surface area contributed by atoms with Gasteiger partial charge in [-0.3, -0.25) is 19.8 Å². The monoisotopic (exact) mass is 348 g/mol. The van der Waals surface area contributed by atoms with Crippen LogP contribution in [0.15, 0.2) is 30.3 Å². The second-order valence-electron chi connectivity index (χ2n) is 5.81. The van der Waals surface area contributed by atoms with E-state index in [0.29, 0.717) is 12.1 Å². The number of rotatable bonds is 10. The van der Waals surface area contributed by atoms with Crippen LogP contribution in [0.1, 0.15) is 62.2 Å². The molecule has 0 aliphatic carbocycles. The second-order valence-corrected chi connectivity index (χ2v) is 5.81. The molecule has 7 nitrogen and oxygen atoms in total. The van der Waals surface area contributed by atoms with Crippen molar-refractivity contribution in [3.05, 3.63) is 35.9 Å². The van der Waals surface area contributed by atoms with Gasteiger partial charge in [0.25, 0.3) is 5.91 Å². The third kappa shape index (κ3) is 7.45. The molecule has 0 saturated carbocycles. The first kappa shape index (κ1) is 20.8. The van der Waals surface area contributed by atoms with Crippen molar-refractivity contribution in [1.82, 2.24) is 15.9 Å². The fourth-order valence-corrected chi connectivity index (χ4v) is 2.38. The Morgan fingerprint density at radius 2 is 1.56 bits per heavy atom. The summed E-state index contributed by atoms with van der Waals surface area (Å²) in [6.07, 6.45) is 7.81. The average molecular weight is 348 g/mol. The van der Waals surface area contributed by atoms with Crippen LogP contribution in [0.2, 0.25) is 0 Å². The predicted molar refractivity (Wildman–Crippen MR) is 95.9 cm³/mol. The molecule has 0 radical (unpaired) electrons. The number of amides is 3. The van der Waals surface area contributed by atoms with Gasteiger partial charge in [-0.05, 0) is 18.6 Å². The molecule has 0 spiro atoms. The highest BCUT2D eigenvalue weighted by molar-refractivity contribution is 6.38. The first-order valence-electron chi connectivity index (χ1n) is 8.79. The predicted octanol–water partition coefficient (Wildman–Crippen LogP) is 1.90. The minimum atomic E-state index is -1.05. The maximum atomic E-state index is 12.5. The Balaban J connectivity index is 2.54. The van der Waals surface area contributed by atoms with Crippen LogP contribution in [0.5, 0.6) is 0 Å². The Morgan fingerprint density at radius 3 is 2.16 bits per heavy atom. The van der Waals surface area contributed by atoms with Crippen LogP contribution < -0.4 is 16.7 Å². The molecule has 0 saturated heterocycles. The molecule has 25 heavy (non-hydrogen) atoms. The van der Waals surface area contributed by atoms with Gasteiger partial charge >= 0.3 is 11.8 Å². The molecule has 0 unspecified atom stereocenters. The second kappa shape index (κ2) is 12.2. The standard InChI is InChI=1S/C18H28N4O3/c1-2-3-4-5-6-7-11-14-20-22(18(25)16(23)21-19)17(24)15-12-9-8-10-13-15/h8-10,12-13,20H,2-7,11,14,19H2,1H3,(H,21,23). The molecule has 0 aromatic heterocycles. The van der Waals surface area contributed by atoms with E-state index in [0.717, 1.165) is 24.3 Å². The largest absolute Gasteiger partial charge is 0.334 e. The molecule has 0 bridgehead atoms. The lowest BCUT2D eigenvalue weighted by atomic mass is 10.1. The molecule has 4 N–H and O–H groups in total. The summed E-state index contributed by atoms with van der Waals surface area (Å²) in [6.45, 7) is 2.60. The smallest absolute Gasteiger partial charge is 0.286 e. The molecule has 0 aliphatic rings. The summed E-state index contributed by atoms with van der Waals surface area (Å²) in [5.74, 6) is 2.34. The van der Waals surface area contributed by atoms with Crippen molar-refractivity contribution >= 4 is 17.7 Å². The van der Waals surface area contributed by atoms with Gasteiger partial charge < -0.3 is 0 Å². The number of unbranched alkanes of at least 4 members (excludes halogenated alkanes) is 6. The molecule has 0 heterocycles. The lowest BCUT2D eigenvalue weighted by molar-refractivity contribution is -0.145. The molecule has 138 valence electrons. The first-order chi connectivity index (χ1) is 12.1. The van der Waals surface area contributed by atoms with E-state index in [1.807, 2.05) is 0 Å². The summed E-state index contributed by atoms with van der Waals surface area (Å²) in [6, 6.07) is 8.31. The number of nitrogens with zero attached hydrogens (tertiary/aromatic N) is 1. The summed E-state index contributed by atoms with van der Waals surface area (Å²) >= 11 is 0. The number of nitrogens with one attached hydrogen (secondary N) is 2. The van der Waals surface area contributed by atoms with Gasteiger partial charge in [-0.15, -0.1) is 0 Å². The molecule has 7 heteroatoms. The summed E-state index contributed by atoms with van der Waals surface area (Å²) in [5.41, 5.74) is 4.83. The number of hydrogen-bond donors (Lipinski definition) is 3. The minimum Gasteiger partial charge on any atom is -0.286 e. The number of hydrazine groups is 2. The van der Waals surface area contributed by atoms with E-state index in [1.54, 1.807) is 35.8 Å². The fraction of sp³-hybridized carbons (Fsp3) is 0.500. The lowest BCUT2D eigenvalue weighted by Crippen LogP contribution is -2.54. The highest BCUT2D eigenvalue weighted by Gasteiger charge is 2.27. The Morgan fingerprint density at radius 1 is 0.960 bits per heavy atom. The quantitative estimate of drug-likeness (QED) is 0.197. The molecule has 0 aliphatic heterocycles.